The highest BCUT2D eigenvalue weighted by Gasteiger charge is 2.47. The molecule has 0 aliphatic carbocycles. The number of aromatic carboxylic acids is 1. The van der Waals surface area contributed by atoms with Crippen molar-refractivity contribution in [3.05, 3.63) is 92.5 Å². The molecule has 3 aromatic rings. The van der Waals surface area contributed by atoms with E-state index in [0.717, 1.165) is 12.1 Å². The minimum absolute atomic E-state index is 0.0425. The highest BCUT2D eigenvalue weighted by molar-refractivity contribution is 6.36. The molecule has 1 atom stereocenters. The van der Waals surface area contributed by atoms with Gasteiger partial charge in [0.25, 0.3) is 0 Å². The van der Waals surface area contributed by atoms with Crippen LogP contribution in [0.2, 0.25) is 10.0 Å². The van der Waals surface area contributed by atoms with Crippen LogP contribution in [0.5, 0.6) is 0 Å². The maximum atomic E-state index is 15.2. The van der Waals surface area contributed by atoms with E-state index in [1.165, 1.54) is 30.3 Å². The number of primary amides is 1. The van der Waals surface area contributed by atoms with Crippen LogP contribution in [0.25, 0.3) is 0 Å². The summed E-state index contributed by atoms with van der Waals surface area (Å²) in [5.74, 6) is -4.36. The Morgan fingerprint density at radius 1 is 0.871 bits per heavy atom. The molecule has 31 heavy (non-hydrogen) atoms. The number of nitrogens with one attached hydrogen (secondary N) is 2. The lowest BCUT2D eigenvalue weighted by Gasteiger charge is -2.34. The summed E-state index contributed by atoms with van der Waals surface area (Å²) in [6.07, 6.45) is 0. The topological polar surface area (TPSA) is 104 Å². The van der Waals surface area contributed by atoms with E-state index in [2.05, 4.69) is 10.6 Å². The Morgan fingerprint density at radius 2 is 1.45 bits per heavy atom. The molecule has 5 N–H and O–H groups in total. The van der Waals surface area contributed by atoms with Gasteiger partial charge in [0.15, 0.2) is 5.66 Å². The average molecular weight is 464 g/mol. The molecule has 4 rings (SSSR count). The molecule has 0 spiro atoms. The predicted molar refractivity (Wildman–Crippen MR) is 113 cm³/mol. The van der Waals surface area contributed by atoms with E-state index in [4.69, 9.17) is 28.9 Å². The number of carbonyl (C=O) groups excluding carboxylic acids is 1. The summed E-state index contributed by atoms with van der Waals surface area (Å²) in [5, 5.41) is 15.4. The van der Waals surface area contributed by atoms with Crippen molar-refractivity contribution >= 4 is 46.5 Å². The number of halogens is 4. The van der Waals surface area contributed by atoms with Gasteiger partial charge >= 0.3 is 5.97 Å². The van der Waals surface area contributed by atoms with Gasteiger partial charge in [0, 0.05) is 21.2 Å². The first-order chi connectivity index (χ1) is 14.6. The van der Waals surface area contributed by atoms with Gasteiger partial charge in [-0.25, -0.2) is 13.6 Å². The van der Waals surface area contributed by atoms with Gasteiger partial charge in [-0.15, -0.1) is 0 Å². The Bertz CT molecular complexity index is 1230. The van der Waals surface area contributed by atoms with Crippen LogP contribution < -0.4 is 16.4 Å². The van der Waals surface area contributed by atoms with Gasteiger partial charge in [-0.3, -0.25) is 4.79 Å². The highest BCUT2D eigenvalue weighted by Crippen LogP contribution is 2.49. The van der Waals surface area contributed by atoms with Gasteiger partial charge < -0.3 is 21.5 Å². The number of fused-ring (bicyclic) bond motifs is 1. The lowest BCUT2D eigenvalue weighted by atomic mass is 9.89. The van der Waals surface area contributed by atoms with Crippen molar-refractivity contribution < 1.29 is 23.5 Å². The van der Waals surface area contributed by atoms with E-state index in [0.29, 0.717) is 5.69 Å². The number of benzene rings is 3. The number of rotatable bonds is 4. The van der Waals surface area contributed by atoms with E-state index in [1.807, 2.05) is 0 Å². The van der Waals surface area contributed by atoms with E-state index in [-0.39, 0.29) is 32.4 Å². The van der Waals surface area contributed by atoms with Crippen molar-refractivity contribution in [2.45, 2.75) is 5.66 Å². The summed E-state index contributed by atoms with van der Waals surface area (Å²) in [6, 6.07) is 10.3. The normalized spacial score (nSPS) is 16.9. The van der Waals surface area contributed by atoms with Crippen LogP contribution in [0.4, 0.5) is 20.2 Å². The number of amides is 1. The van der Waals surface area contributed by atoms with Crippen LogP contribution in [0, 0.1) is 11.6 Å². The molecule has 10 heteroatoms. The molecule has 1 amide bonds. The molecule has 0 saturated heterocycles. The quantitative estimate of drug-likeness (QED) is 0.444. The Kier molecular flexibility index (Phi) is 4.99. The molecular formula is C21H13Cl2F2N3O3. The van der Waals surface area contributed by atoms with Crippen LogP contribution in [0.1, 0.15) is 31.8 Å². The molecule has 1 aliphatic rings. The number of nitrogens with two attached hydrogens (primary N) is 1. The first kappa shape index (κ1) is 20.9. The van der Waals surface area contributed by atoms with Crippen molar-refractivity contribution in [1.82, 2.24) is 0 Å². The summed E-state index contributed by atoms with van der Waals surface area (Å²) >= 11 is 12.8. The van der Waals surface area contributed by atoms with Gasteiger partial charge in [0.05, 0.1) is 22.5 Å². The molecule has 1 unspecified atom stereocenters. The fourth-order valence-corrected chi connectivity index (χ4v) is 4.31. The zero-order valence-electron chi connectivity index (χ0n) is 15.5. The minimum Gasteiger partial charge on any atom is -0.478 e. The van der Waals surface area contributed by atoms with Gasteiger partial charge in [-0.2, -0.15) is 0 Å². The maximum Gasteiger partial charge on any atom is 0.335 e. The summed E-state index contributed by atoms with van der Waals surface area (Å²) < 4.78 is 30.5. The molecule has 1 aliphatic heterocycles. The summed E-state index contributed by atoms with van der Waals surface area (Å²) in [4.78, 5) is 22.8. The maximum absolute atomic E-state index is 15.2. The second-order valence-electron chi connectivity index (χ2n) is 6.84. The fraction of sp³-hybridized carbons (Fsp3) is 0.0476. The third-order valence-electron chi connectivity index (χ3n) is 4.95. The van der Waals surface area contributed by atoms with E-state index in [1.54, 1.807) is 6.07 Å². The van der Waals surface area contributed by atoms with Crippen molar-refractivity contribution in [2.75, 3.05) is 10.6 Å². The van der Waals surface area contributed by atoms with Gasteiger partial charge in [-0.1, -0.05) is 29.3 Å². The van der Waals surface area contributed by atoms with Crippen molar-refractivity contribution in [1.29, 1.82) is 0 Å². The number of carboxylic acid groups (broad SMARTS) is 1. The first-order valence-electron chi connectivity index (χ1n) is 8.81. The summed E-state index contributed by atoms with van der Waals surface area (Å²) in [6.45, 7) is 0. The summed E-state index contributed by atoms with van der Waals surface area (Å²) in [7, 11) is 0. The van der Waals surface area contributed by atoms with Crippen LogP contribution in [-0.4, -0.2) is 17.0 Å². The number of anilines is 2. The predicted octanol–water partition coefficient (Wildman–Crippen LogP) is 4.81. The molecule has 3 aromatic carbocycles. The SMILES string of the molecule is NC(=O)c1cc(F)c(C2(c3c(Cl)cccc3Cl)Nc3ccc(C(=O)O)cc3N2)c(F)c1. The zero-order chi connectivity index (χ0) is 22.5. The molecule has 0 radical (unpaired) electrons. The van der Waals surface area contributed by atoms with Gasteiger partial charge in [0.2, 0.25) is 5.91 Å². The van der Waals surface area contributed by atoms with Gasteiger partial charge in [-0.05, 0) is 42.5 Å². The molecular weight excluding hydrogens is 451 g/mol. The molecule has 158 valence electrons. The number of carboxylic acids is 1. The third-order valence-corrected chi connectivity index (χ3v) is 5.58. The Balaban J connectivity index is 2.02. The smallest absolute Gasteiger partial charge is 0.335 e. The Morgan fingerprint density at radius 3 is 2.00 bits per heavy atom. The molecule has 0 aromatic heterocycles. The van der Waals surface area contributed by atoms with Crippen molar-refractivity contribution in [3.63, 3.8) is 0 Å². The lowest BCUT2D eigenvalue weighted by Crippen LogP contribution is -2.42. The Hall–Kier alpha value is -3.36. The molecule has 0 saturated carbocycles. The van der Waals surface area contributed by atoms with Crippen LogP contribution in [0.3, 0.4) is 0 Å². The van der Waals surface area contributed by atoms with E-state index in [9.17, 15) is 14.7 Å². The number of hydrogen-bond acceptors (Lipinski definition) is 4. The average Bonchev–Trinajstić information content (AvgIpc) is 3.05. The van der Waals surface area contributed by atoms with Crippen molar-refractivity contribution in [2.24, 2.45) is 5.73 Å². The highest BCUT2D eigenvalue weighted by atomic mass is 35.5. The van der Waals surface area contributed by atoms with E-state index >= 15 is 8.78 Å². The second kappa shape index (κ2) is 7.40. The van der Waals surface area contributed by atoms with Crippen LogP contribution in [0.15, 0.2) is 48.5 Å². The minimum atomic E-state index is -1.85. The Labute approximate surface area is 184 Å². The number of hydrogen-bond donors (Lipinski definition) is 4. The largest absolute Gasteiger partial charge is 0.478 e. The fourth-order valence-electron chi connectivity index (χ4n) is 3.63. The second-order valence-corrected chi connectivity index (χ2v) is 7.66. The standard InChI is InChI=1S/C21H13Cl2F2N3O3/c22-11-2-1-3-12(23)17(11)21(18-13(24)6-10(19(26)29)7-14(18)25)27-15-5-4-9(20(30)31)8-16(15)28-21/h1-8,27-28H,(H2,26,29)(H,30,31). The molecule has 0 bridgehead atoms. The molecule has 6 nitrogen and oxygen atoms in total. The molecule has 1 heterocycles. The van der Waals surface area contributed by atoms with Gasteiger partial charge in [0.1, 0.15) is 11.6 Å². The first-order valence-corrected chi connectivity index (χ1v) is 9.57. The zero-order valence-corrected chi connectivity index (χ0v) is 17.0. The third kappa shape index (κ3) is 3.34. The van der Waals surface area contributed by atoms with Crippen molar-refractivity contribution in [3.8, 4) is 0 Å². The van der Waals surface area contributed by atoms with Crippen LogP contribution in [-0.2, 0) is 5.66 Å². The van der Waals surface area contributed by atoms with E-state index < -0.39 is 34.7 Å². The van der Waals surface area contributed by atoms with Crippen LogP contribution >= 0.6 is 23.2 Å². The monoisotopic (exact) mass is 463 g/mol. The number of carbonyl (C=O) groups is 2. The molecule has 0 fully saturated rings. The summed E-state index contributed by atoms with van der Waals surface area (Å²) in [5.41, 5.74) is 3.11. The lowest BCUT2D eigenvalue weighted by molar-refractivity contribution is 0.0696.